The molecular formula is C16H22BrN3O2. The quantitative estimate of drug-likeness (QED) is 0.881. The van der Waals surface area contributed by atoms with Crippen LogP contribution in [0.5, 0.6) is 0 Å². The number of nitrogens with one attached hydrogen (secondary N) is 1. The molecule has 1 aliphatic heterocycles. The summed E-state index contributed by atoms with van der Waals surface area (Å²) in [5.74, 6) is -0.0256. The third-order valence-electron chi connectivity index (χ3n) is 3.80. The van der Waals surface area contributed by atoms with Crippen molar-refractivity contribution in [1.82, 2.24) is 15.1 Å². The van der Waals surface area contributed by atoms with Gasteiger partial charge in [-0.2, -0.15) is 0 Å². The molecule has 0 aromatic heterocycles. The SMILES string of the molecule is CN1CCCN(C(=O)CCNC(=O)c2ccc(Br)cc2)CC1. The number of rotatable bonds is 4. The standard InChI is InChI=1S/C16H22BrN3O2/c1-19-9-2-10-20(12-11-19)15(21)7-8-18-16(22)13-3-5-14(17)6-4-13/h3-6H,2,7-12H2,1H3,(H,18,22). The van der Waals surface area contributed by atoms with Crippen molar-refractivity contribution in [3.8, 4) is 0 Å². The van der Waals surface area contributed by atoms with Crippen molar-refractivity contribution in [3.05, 3.63) is 34.3 Å². The van der Waals surface area contributed by atoms with Gasteiger partial charge in [0, 0.05) is 42.6 Å². The van der Waals surface area contributed by atoms with Crippen LogP contribution in [0.1, 0.15) is 23.2 Å². The van der Waals surface area contributed by atoms with Crippen molar-refractivity contribution in [3.63, 3.8) is 0 Å². The molecule has 0 aliphatic carbocycles. The minimum absolute atomic E-state index is 0.117. The third kappa shape index (κ3) is 5.10. The zero-order valence-electron chi connectivity index (χ0n) is 12.8. The van der Waals surface area contributed by atoms with Gasteiger partial charge in [0.25, 0.3) is 5.91 Å². The first-order valence-corrected chi connectivity index (χ1v) is 8.35. The maximum atomic E-state index is 12.2. The Labute approximate surface area is 139 Å². The summed E-state index contributed by atoms with van der Waals surface area (Å²) in [4.78, 5) is 28.3. The van der Waals surface area contributed by atoms with Crippen LogP contribution in [0.2, 0.25) is 0 Å². The Kier molecular flexibility index (Phi) is 6.39. The zero-order chi connectivity index (χ0) is 15.9. The first-order valence-electron chi connectivity index (χ1n) is 7.56. The second-order valence-corrected chi connectivity index (χ2v) is 6.47. The van der Waals surface area contributed by atoms with Gasteiger partial charge in [-0.15, -0.1) is 0 Å². The number of amides is 2. The first kappa shape index (κ1) is 17.0. The minimum Gasteiger partial charge on any atom is -0.352 e. The Balaban J connectivity index is 1.74. The first-order chi connectivity index (χ1) is 10.6. The fraction of sp³-hybridized carbons (Fsp3) is 0.500. The largest absolute Gasteiger partial charge is 0.352 e. The molecule has 5 nitrogen and oxygen atoms in total. The predicted octanol–water partition coefficient (Wildman–Crippen LogP) is 1.73. The van der Waals surface area contributed by atoms with Crippen LogP contribution in [0.15, 0.2) is 28.7 Å². The van der Waals surface area contributed by atoms with E-state index in [1.807, 2.05) is 17.0 Å². The molecule has 0 atom stereocenters. The van der Waals surface area contributed by atoms with Crippen LogP contribution in [0.25, 0.3) is 0 Å². The van der Waals surface area contributed by atoms with Gasteiger partial charge in [-0.3, -0.25) is 9.59 Å². The third-order valence-corrected chi connectivity index (χ3v) is 4.33. The highest BCUT2D eigenvalue weighted by Crippen LogP contribution is 2.10. The molecule has 0 radical (unpaired) electrons. The maximum Gasteiger partial charge on any atom is 0.251 e. The summed E-state index contributed by atoms with van der Waals surface area (Å²) in [6.45, 7) is 3.90. The predicted molar refractivity (Wildman–Crippen MR) is 89.8 cm³/mol. The van der Waals surface area contributed by atoms with Crippen LogP contribution < -0.4 is 5.32 Å². The Hall–Kier alpha value is -1.40. The number of carbonyl (C=O) groups is 2. The van der Waals surface area contributed by atoms with Crippen LogP contribution in [-0.2, 0) is 4.79 Å². The Morgan fingerprint density at radius 3 is 2.59 bits per heavy atom. The van der Waals surface area contributed by atoms with Gasteiger partial charge in [-0.05, 0) is 44.3 Å². The van der Waals surface area contributed by atoms with Gasteiger partial charge in [-0.25, -0.2) is 0 Å². The van der Waals surface area contributed by atoms with Crippen molar-refractivity contribution in [1.29, 1.82) is 0 Å². The van der Waals surface area contributed by atoms with E-state index in [2.05, 4.69) is 33.2 Å². The van der Waals surface area contributed by atoms with Crippen molar-refractivity contribution in [2.45, 2.75) is 12.8 Å². The lowest BCUT2D eigenvalue weighted by Gasteiger charge is -2.20. The monoisotopic (exact) mass is 367 g/mol. The van der Waals surface area contributed by atoms with Gasteiger partial charge >= 0.3 is 0 Å². The Morgan fingerprint density at radius 1 is 1.14 bits per heavy atom. The number of likely N-dealkylation sites (N-methyl/N-ethyl adjacent to an activating group) is 1. The van der Waals surface area contributed by atoms with E-state index in [1.54, 1.807) is 12.1 Å². The lowest BCUT2D eigenvalue weighted by Crippen LogP contribution is -2.36. The molecular weight excluding hydrogens is 346 g/mol. The van der Waals surface area contributed by atoms with Gasteiger partial charge < -0.3 is 15.1 Å². The van der Waals surface area contributed by atoms with Crippen LogP contribution in [0.3, 0.4) is 0 Å². The molecule has 1 aromatic rings. The van der Waals surface area contributed by atoms with Crippen LogP contribution in [0, 0.1) is 0 Å². The summed E-state index contributed by atoms with van der Waals surface area (Å²) in [6, 6.07) is 7.17. The smallest absolute Gasteiger partial charge is 0.251 e. The highest BCUT2D eigenvalue weighted by molar-refractivity contribution is 9.10. The summed E-state index contributed by atoms with van der Waals surface area (Å²) in [5, 5.41) is 2.80. The number of nitrogens with zero attached hydrogens (tertiary/aromatic N) is 2. The molecule has 1 aromatic carbocycles. The normalized spacial score (nSPS) is 16.2. The van der Waals surface area contributed by atoms with Crippen LogP contribution in [-0.4, -0.2) is 61.4 Å². The molecule has 1 heterocycles. The molecule has 1 aliphatic rings. The van der Waals surface area contributed by atoms with Gasteiger partial charge in [-0.1, -0.05) is 15.9 Å². The van der Waals surface area contributed by atoms with E-state index in [0.717, 1.165) is 37.1 Å². The number of hydrogen-bond acceptors (Lipinski definition) is 3. The molecule has 0 spiro atoms. The van der Waals surface area contributed by atoms with Crippen molar-refractivity contribution < 1.29 is 9.59 Å². The summed E-state index contributed by atoms with van der Waals surface area (Å²) >= 11 is 3.34. The summed E-state index contributed by atoms with van der Waals surface area (Å²) in [6.07, 6.45) is 1.36. The molecule has 1 fully saturated rings. The van der Waals surface area contributed by atoms with E-state index in [9.17, 15) is 9.59 Å². The van der Waals surface area contributed by atoms with E-state index in [1.165, 1.54) is 0 Å². The zero-order valence-corrected chi connectivity index (χ0v) is 14.4. The molecule has 0 bridgehead atoms. The molecule has 1 saturated heterocycles. The fourth-order valence-electron chi connectivity index (χ4n) is 2.44. The molecule has 2 amide bonds. The average Bonchev–Trinajstić information content (AvgIpc) is 2.72. The lowest BCUT2D eigenvalue weighted by atomic mass is 10.2. The molecule has 2 rings (SSSR count). The Morgan fingerprint density at radius 2 is 1.86 bits per heavy atom. The van der Waals surface area contributed by atoms with E-state index < -0.39 is 0 Å². The lowest BCUT2D eigenvalue weighted by molar-refractivity contribution is -0.130. The molecule has 0 unspecified atom stereocenters. The second-order valence-electron chi connectivity index (χ2n) is 5.55. The Bertz CT molecular complexity index is 519. The second kappa shape index (κ2) is 8.29. The highest BCUT2D eigenvalue weighted by Gasteiger charge is 2.17. The molecule has 6 heteroatoms. The highest BCUT2D eigenvalue weighted by atomic mass is 79.9. The number of benzene rings is 1. The summed E-state index contributed by atoms with van der Waals surface area (Å²) < 4.78 is 0.936. The average molecular weight is 368 g/mol. The van der Waals surface area contributed by atoms with Crippen LogP contribution in [0.4, 0.5) is 0 Å². The van der Waals surface area contributed by atoms with E-state index >= 15 is 0 Å². The number of carbonyl (C=O) groups excluding carboxylic acids is 2. The van der Waals surface area contributed by atoms with E-state index in [4.69, 9.17) is 0 Å². The minimum atomic E-state index is -0.143. The van der Waals surface area contributed by atoms with Crippen molar-refractivity contribution in [2.75, 3.05) is 39.8 Å². The van der Waals surface area contributed by atoms with Crippen molar-refractivity contribution >= 4 is 27.7 Å². The maximum absolute atomic E-state index is 12.2. The number of halogens is 1. The molecule has 1 N–H and O–H groups in total. The van der Waals surface area contributed by atoms with Crippen molar-refractivity contribution in [2.24, 2.45) is 0 Å². The summed E-state index contributed by atoms with van der Waals surface area (Å²) in [5.41, 5.74) is 0.604. The fourth-order valence-corrected chi connectivity index (χ4v) is 2.70. The van der Waals surface area contributed by atoms with E-state index in [-0.39, 0.29) is 11.8 Å². The topological polar surface area (TPSA) is 52.6 Å². The van der Waals surface area contributed by atoms with E-state index in [0.29, 0.717) is 18.5 Å². The van der Waals surface area contributed by atoms with Gasteiger partial charge in [0.2, 0.25) is 5.91 Å². The molecule has 0 saturated carbocycles. The molecule has 120 valence electrons. The van der Waals surface area contributed by atoms with Crippen LogP contribution >= 0.6 is 15.9 Å². The number of hydrogen-bond donors (Lipinski definition) is 1. The van der Waals surface area contributed by atoms with Gasteiger partial charge in [0.05, 0.1) is 0 Å². The summed E-state index contributed by atoms with van der Waals surface area (Å²) in [7, 11) is 2.08. The molecule has 22 heavy (non-hydrogen) atoms. The van der Waals surface area contributed by atoms with Gasteiger partial charge in [0.1, 0.15) is 0 Å². The van der Waals surface area contributed by atoms with Gasteiger partial charge in [0.15, 0.2) is 0 Å².